The van der Waals surface area contributed by atoms with Crippen LogP contribution in [-0.2, 0) is 17.8 Å². The number of hydrogen-bond donors (Lipinski definition) is 1. The zero-order chi connectivity index (χ0) is 11.7. The van der Waals surface area contributed by atoms with Gasteiger partial charge in [0.05, 0.1) is 17.2 Å². The van der Waals surface area contributed by atoms with Crippen molar-refractivity contribution in [2.24, 2.45) is 0 Å². The molecule has 0 aliphatic carbocycles. The zero-order valence-electron chi connectivity index (χ0n) is 9.56. The number of rotatable bonds is 3. The summed E-state index contributed by atoms with van der Waals surface area (Å²) >= 11 is 1.73. The molecular weight excluding hydrogens is 224 g/mol. The van der Waals surface area contributed by atoms with Crippen LogP contribution in [-0.4, -0.2) is 34.0 Å². The number of carbonyl (C=O) groups is 1. The summed E-state index contributed by atoms with van der Waals surface area (Å²) < 4.78 is 0. The minimum absolute atomic E-state index is 0.133. The molecule has 0 atom stereocenters. The summed E-state index contributed by atoms with van der Waals surface area (Å²) in [5, 5.41) is 9.92. The van der Waals surface area contributed by atoms with E-state index in [0.29, 0.717) is 5.92 Å². The first-order valence-electron chi connectivity index (χ1n) is 5.49. The predicted molar refractivity (Wildman–Crippen MR) is 62.8 cm³/mol. The lowest BCUT2D eigenvalue weighted by atomic mass is 10.2. The Morgan fingerprint density at radius 2 is 2.38 bits per heavy atom. The zero-order valence-corrected chi connectivity index (χ0v) is 10.4. The molecule has 1 aliphatic heterocycles. The Morgan fingerprint density at radius 1 is 1.62 bits per heavy atom. The molecule has 0 amide bonds. The van der Waals surface area contributed by atoms with Gasteiger partial charge in [0.25, 0.3) is 0 Å². The maximum Gasteiger partial charge on any atom is 0.317 e. The van der Waals surface area contributed by atoms with E-state index < -0.39 is 5.97 Å². The van der Waals surface area contributed by atoms with Gasteiger partial charge in [-0.15, -0.1) is 11.3 Å². The van der Waals surface area contributed by atoms with Crippen LogP contribution in [0.5, 0.6) is 0 Å². The van der Waals surface area contributed by atoms with Gasteiger partial charge in [-0.05, 0) is 0 Å². The summed E-state index contributed by atoms with van der Waals surface area (Å²) in [5.74, 6) is -0.291. The van der Waals surface area contributed by atoms with Crippen LogP contribution in [0, 0.1) is 0 Å². The molecule has 1 aliphatic rings. The largest absolute Gasteiger partial charge is 0.480 e. The Hall–Kier alpha value is -0.940. The lowest BCUT2D eigenvalue weighted by Crippen LogP contribution is -2.34. The van der Waals surface area contributed by atoms with Crippen LogP contribution in [0.2, 0.25) is 0 Å². The Morgan fingerprint density at radius 3 is 3.00 bits per heavy atom. The first kappa shape index (κ1) is 11.5. The second-order valence-electron chi connectivity index (χ2n) is 4.43. The number of aliphatic carboxylic acids is 1. The van der Waals surface area contributed by atoms with Crippen LogP contribution in [0.3, 0.4) is 0 Å². The van der Waals surface area contributed by atoms with Crippen LogP contribution >= 0.6 is 11.3 Å². The second kappa shape index (κ2) is 4.51. The maximum atomic E-state index is 10.6. The Labute approximate surface area is 98.9 Å². The number of hydrogen-bond acceptors (Lipinski definition) is 4. The molecule has 1 N–H and O–H groups in total. The normalized spacial score (nSPS) is 16.4. The van der Waals surface area contributed by atoms with Gasteiger partial charge in [-0.3, -0.25) is 9.69 Å². The van der Waals surface area contributed by atoms with Crippen molar-refractivity contribution in [2.75, 3.05) is 13.1 Å². The van der Waals surface area contributed by atoms with Crippen molar-refractivity contribution in [3.8, 4) is 0 Å². The van der Waals surface area contributed by atoms with E-state index in [4.69, 9.17) is 5.11 Å². The number of thiazole rings is 1. The smallest absolute Gasteiger partial charge is 0.317 e. The van der Waals surface area contributed by atoms with Crippen LogP contribution in [0.1, 0.15) is 35.3 Å². The van der Waals surface area contributed by atoms with Gasteiger partial charge in [-0.1, -0.05) is 13.8 Å². The quantitative estimate of drug-likeness (QED) is 0.874. The predicted octanol–water partition coefficient (Wildman–Crippen LogP) is 1.71. The Bertz CT molecular complexity index is 401. The van der Waals surface area contributed by atoms with Gasteiger partial charge < -0.3 is 5.11 Å². The molecule has 0 saturated heterocycles. The van der Waals surface area contributed by atoms with Crippen molar-refractivity contribution < 1.29 is 9.90 Å². The van der Waals surface area contributed by atoms with Crippen molar-refractivity contribution in [1.82, 2.24) is 9.88 Å². The molecule has 1 aromatic heterocycles. The lowest BCUT2D eigenvalue weighted by molar-refractivity contribution is -0.138. The minimum atomic E-state index is -0.753. The van der Waals surface area contributed by atoms with Gasteiger partial charge in [-0.2, -0.15) is 0 Å². The van der Waals surface area contributed by atoms with Gasteiger partial charge in [-0.25, -0.2) is 4.98 Å². The van der Waals surface area contributed by atoms with E-state index in [1.165, 1.54) is 15.6 Å². The molecule has 0 saturated carbocycles. The van der Waals surface area contributed by atoms with Gasteiger partial charge in [0.2, 0.25) is 0 Å². The third-order valence-electron chi connectivity index (χ3n) is 2.68. The number of carboxylic acids is 1. The van der Waals surface area contributed by atoms with Crippen molar-refractivity contribution >= 4 is 17.3 Å². The summed E-state index contributed by atoms with van der Waals surface area (Å²) in [7, 11) is 0. The molecule has 0 spiro atoms. The third kappa shape index (κ3) is 2.41. The van der Waals surface area contributed by atoms with Crippen molar-refractivity contribution in [2.45, 2.75) is 32.7 Å². The summed E-state index contributed by atoms with van der Waals surface area (Å²) in [4.78, 5) is 18.5. The maximum absolute atomic E-state index is 10.6. The number of carboxylic acid groups (broad SMARTS) is 1. The fourth-order valence-corrected chi connectivity index (χ4v) is 3.00. The highest BCUT2D eigenvalue weighted by Crippen LogP contribution is 2.28. The molecule has 88 valence electrons. The van der Waals surface area contributed by atoms with E-state index in [1.807, 2.05) is 4.90 Å². The second-order valence-corrected chi connectivity index (χ2v) is 5.55. The highest BCUT2D eigenvalue weighted by atomic mass is 32.1. The van der Waals surface area contributed by atoms with E-state index in [2.05, 4.69) is 18.8 Å². The fraction of sp³-hybridized carbons (Fsp3) is 0.636. The highest BCUT2D eigenvalue weighted by molar-refractivity contribution is 7.11. The topological polar surface area (TPSA) is 53.4 Å². The number of nitrogens with zero attached hydrogens (tertiary/aromatic N) is 2. The van der Waals surface area contributed by atoms with E-state index >= 15 is 0 Å². The molecule has 0 bridgehead atoms. The van der Waals surface area contributed by atoms with Crippen LogP contribution < -0.4 is 0 Å². The summed E-state index contributed by atoms with van der Waals surface area (Å²) in [6.45, 7) is 5.96. The summed E-state index contributed by atoms with van der Waals surface area (Å²) in [5.41, 5.74) is 1.18. The molecule has 2 rings (SSSR count). The van der Waals surface area contributed by atoms with E-state index in [-0.39, 0.29) is 6.54 Å². The van der Waals surface area contributed by atoms with E-state index in [1.54, 1.807) is 11.3 Å². The van der Waals surface area contributed by atoms with Gasteiger partial charge in [0.15, 0.2) is 0 Å². The Balaban J connectivity index is 2.11. The van der Waals surface area contributed by atoms with Crippen LogP contribution in [0.4, 0.5) is 0 Å². The molecule has 0 fully saturated rings. The third-order valence-corrected chi connectivity index (χ3v) is 4.06. The molecule has 0 aromatic carbocycles. The molecule has 2 heterocycles. The highest BCUT2D eigenvalue weighted by Gasteiger charge is 2.22. The van der Waals surface area contributed by atoms with Crippen molar-refractivity contribution in [1.29, 1.82) is 0 Å². The Kier molecular flexibility index (Phi) is 3.25. The molecule has 5 heteroatoms. The first-order chi connectivity index (χ1) is 7.56. The molecule has 0 unspecified atom stereocenters. The summed E-state index contributed by atoms with van der Waals surface area (Å²) in [6, 6.07) is 0. The standard InChI is InChI=1S/C11H16N2O2S/c1-7(2)11-12-8-3-4-13(6-10(14)15)5-9(8)16-11/h7H,3-6H2,1-2H3,(H,14,15). The van der Waals surface area contributed by atoms with E-state index in [0.717, 1.165) is 19.5 Å². The minimum Gasteiger partial charge on any atom is -0.480 e. The van der Waals surface area contributed by atoms with Crippen LogP contribution in [0.15, 0.2) is 0 Å². The van der Waals surface area contributed by atoms with Crippen molar-refractivity contribution in [3.63, 3.8) is 0 Å². The average molecular weight is 240 g/mol. The molecule has 4 nitrogen and oxygen atoms in total. The molecule has 0 radical (unpaired) electrons. The number of aromatic nitrogens is 1. The lowest BCUT2D eigenvalue weighted by Gasteiger charge is -2.23. The molecule has 1 aromatic rings. The molecule has 16 heavy (non-hydrogen) atoms. The van der Waals surface area contributed by atoms with Crippen LogP contribution in [0.25, 0.3) is 0 Å². The van der Waals surface area contributed by atoms with Gasteiger partial charge in [0.1, 0.15) is 0 Å². The van der Waals surface area contributed by atoms with Gasteiger partial charge >= 0.3 is 5.97 Å². The monoisotopic (exact) mass is 240 g/mol. The summed E-state index contributed by atoms with van der Waals surface area (Å²) in [6.07, 6.45) is 0.881. The molecular formula is C11H16N2O2S. The SMILES string of the molecule is CC(C)c1nc2c(s1)CN(CC(=O)O)CC2. The average Bonchev–Trinajstić information content (AvgIpc) is 2.59. The van der Waals surface area contributed by atoms with Crippen molar-refractivity contribution in [3.05, 3.63) is 15.6 Å². The number of fused-ring (bicyclic) bond motifs is 1. The fourth-order valence-electron chi connectivity index (χ4n) is 1.84. The van der Waals surface area contributed by atoms with Gasteiger partial charge in [0, 0.05) is 30.3 Å². The first-order valence-corrected chi connectivity index (χ1v) is 6.30. The van der Waals surface area contributed by atoms with E-state index in [9.17, 15) is 4.79 Å².